The van der Waals surface area contributed by atoms with Crippen molar-refractivity contribution in [1.82, 2.24) is 9.55 Å². The number of aromatic hydroxyl groups is 1. The molecule has 76 valence electrons. The van der Waals surface area contributed by atoms with Gasteiger partial charge in [-0.3, -0.25) is 9.36 Å². The monoisotopic (exact) mass is 202 g/mol. The molecule has 0 saturated heterocycles. The van der Waals surface area contributed by atoms with E-state index >= 15 is 0 Å². The second-order valence-corrected chi connectivity index (χ2v) is 3.20. The lowest BCUT2D eigenvalue weighted by molar-refractivity contribution is 0.0957. The van der Waals surface area contributed by atoms with Crippen LogP contribution in [0.3, 0.4) is 0 Å². The second kappa shape index (κ2) is 3.57. The molecule has 0 atom stereocenters. The number of aryl methyl sites for hydroxylation is 1. The zero-order valence-corrected chi connectivity index (χ0v) is 8.21. The average Bonchev–Trinajstić information content (AvgIpc) is 2.63. The van der Waals surface area contributed by atoms with Crippen LogP contribution in [0.5, 0.6) is 5.75 Å². The first-order valence-electron chi connectivity index (χ1n) is 4.52. The van der Waals surface area contributed by atoms with E-state index in [1.807, 2.05) is 0 Å². The Hall–Kier alpha value is -2.10. The van der Waals surface area contributed by atoms with Crippen molar-refractivity contribution in [3.05, 3.63) is 48.0 Å². The summed E-state index contributed by atoms with van der Waals surface area (Å²) in [5, 5.41) is 9.25. The molecule has 0 aliphatic carbocycles. The van der Waals surface area contributed by atoms with Gasteiger partial charge in [-0.1, -0.05) is 6.07 Å². The van der Waals surface area contributed by atoms with E-state index in [-0.39, 0.29) is 11.7 Å². The number of benzene rings is 1. The van der Waals surface area contributed by atoms with E-state index in [1.165, 1.54) is 16.7 Å². The molecule has 0 aliphatic heterocycles. The first-order chi connectivity index (χ1) is 7.18. The molecule has 0 saturated carbocycles. The van der Waals surface area contributed by atoms with Crippen LogP contribution in [-0.2, 0) is 0 Å². The number of hydrogen-bond acceptors (Lipinski definition) is 3. The smallest absolute Gasteiger partial charge is 0.263 e. The van der Waals surface area contributed by atoms with Crippen molar-refractivity contribution in [3.63, 3.8) is 0 Å². The number of aromatic nitrogens is 2. The maximum Gasteiger partial charge on any atom is 0.263 e. The Bertz CT molecular complexity index is 503. The van der Waals surface area contributed by atoms with Gasteiger partial charge in [-0.2, -0.15) is 0 Å². The number of phenolic OH excluding ortho intramolecular Hbond substituents is 1. The molecule has 0 unspecified atom stereocenters. The topological polar surface area (TPSA) is 55.1 Å². The Morgan fingerprint density at radius 1 is 1.47 bits per heavy atom. The lowest BCUT2D eigenvalue weighted by Gasteiger charge is -2.03. The third-order valence-electron chi connectivity index (χ3n) is 2.14. The molecule has 0 amide bonds. The third kappa shape index (κ3) is 1.74. The molecule has 0 fully saturated rings. The fraction of sp³-hybridized carbons (Fsp3) is 0.0909. The molecular weight excluding hydrogens is 192 g/mol. The van der Waals surface area contributed by atoms with Gasteiger partial charge in [0, 0.05) is 18.0 Å². The van der Waals surface area contributed by atoms with E-state index in [0.29, 0.717) is 11.4 Å². The summed E-state index contributed by atoms with van der Waals surface area (Å²) in [6.07, 6.45) is 3.16. The van der Waals surface area contributed by atoms with Crippen molar-refractivity contribution < 1.29 is 9.90 Å². The number of carbonyl (C=O) groups excluding carboxylic acids is 1. The molecule has 4 heteroatoms. The van der Waals surface area contributed by atoms with Crippen LogP contribution in [0.4, 0.5) is 0 Å². The van der Waals surface area contributed by atoms with Gasteiger partial charge < -0.3 is 5.11 Å². The standard InChI is InChI=1S/C11H10N2O2/c1-8-12-5-6-13(8)11(15)9-3-2-4-10(14)7-9/h2-7,14H,1H3. The van der Waals surface area contributed by atoms with Gasteiger partial charge in [0.15, 0.2) is 0 Å². The predicted octanol–water partition coefficient (Wildman–Crippen LogP) is 1.59. The van der Waals surface area contributed by atoms with E-state index < -0.39 is 0 Å². The highest BCUT2D eigenvalue weighted by Gasteiger charge is 2.10. The highest BCUT2D eigenvalue weighted by Crippen LogP contribution is 2.12. The summed E-state index contributed by atoms with van der Waals surface area (Å²) < 4.78 is 1.44. The van der Waals surface area contributed by atoms with Gasteiger partial charge in [0.2, 0.25) is 0 Å². The summed E-state index contributed by atoms with van der Waals surface area (Å²) in [6.45, 7) is 1.75. The molecular formula is C11H10N2O2. The number of imidazole rings is 1. The van der Waals surface area contributed by atoms with E-state index in [9.17, 15) is 9.90 Å². The van der Waals surface area contributed by atoms with Gasteiger partial charge in [0.1, 0.15) is 11.6 Å². The minimum Gasteiger partial charge on any atom is -0.508 e. The van der Waals surface area contributed by atoms with Gasteiger partial charge >= 0.3 is 0 Å². The molecule has 0 spiro atoms. The van der Waals surface area contributed by atoms with Crippen molar-refractivity contribution in [2.24, 2.45) is 0 Å². The van der Waals surface area contributed by atoms with Crippen LogP contribution in [0.2, 0.25) is 0 Å². The normalized spacial score (nSPS) is 10.2. The highest BCUT2D eigenvalue weighted by molar-refractivity contribution is 5.96. The molecule has 1 heterocycles. The van der Waals surface area contributed by atoms with Crippen molar-refractivity contribution >= 4 is 5.91 Å². The number of nitrogens with zero attached hydrogens (tertiary/aromatic N) is 2. The number of carbonyl (C=O) groups is 1. The lowest BCUT2D eigenvalue weighted by Crippen LogP contribution is -2.12. The Morgan fingerprint density at radius 3 is 2.87 bits per heavy atom. The molecule has 0 aliphatic rings. The molecule has 2 aromatic rings. The van der Waals surface area contributed by atoms with Crippen LogP contribution in [0.1, 0.15) is 16.2 Å². The molecule has 2 rings (SSSR count). The van der Waals surface area contributed by atoms with Gasteiger partial charge in [0.25, 0.3) is 5.91 Å². The number of hydrogen-bond donors (Lipinski definition) is 1. The number of rotatable bonds is 1. The fourth-order valence-corrected chi connectivity index (χ4v) is 1.37. The summed E-state index contributed by atoms with van der Waals surface area (Å²) in [7, 11) is 0. The third-order valence-corrected chi connectivity index (χ3v) is 2.14. The molecule has 0 radical (unpaired) electrons. The molecule has 1 aromatic carbocycles. The van der Waals surface area contributed by atoms with Crippen LogP contribution in [-0.4, -0.2) is 20.6 Å². The Balaban J connectivity index is 2.41. The van der Waals surface area contributed by atoms with E-state index in [2.05, 4.69) is 4.98 Å². The Morgan fingerprint density at radius 2 is 2.27 bits per heavy atom. The Kier molecular flexibility index (Phi) is 2.25. The van der Waals surface area contributed by atoms with Crippen molar-refractivity contribution in [2.75, 3.05) is 0 Å². The van der Waals surface area contributed by atoms with Gasteiger partial charge in [-0.15, -0.1) is 0 Å². The SMILES string of the molecule is Cc1nccn1C(=O)c1cccc(O)c1. The summed E-state index contributed by atoms with van der Waals surface area (Å²) >= 11 is 0. The highest BCUT2D eigenvalue weighted by atomic mass is 16.3. The minimum absolute atomic E-state index is 0.0821. The van der Waals surface area contributed by atoms with Crippen LogP contribution in [0.15, 0.2) is 36.7 Å². The molecule has 15 heavy (non-hydrogen) atoms. The average molecular weight is 202 g/mol. The quantitative estimate of drug-likeness (QED) is 0.763. The summed E-state index contributed by atoms with van der Waals surface area (Å²) in [5.74, 6) is 0.517. The van der Waals surface area contributed by atoms with Crippen LogP contribution < -0.4 is 0 Å². The predicted molar refractivity (Wildman–Crippen MR) is 54.8 cm³/mol. The maximum atomic E-state index is 11.9. The first kappa shape index (κ1) is 9.45. The minimum atomic E-state index is -0.194. The van der Waals surface area contributed by atoms with E-state index in [4.69, 9.17) is 0 Å². The lowest BCUT2D eigenvalue weighted by atomic mass is 10.2. The van der Waals surface area contributed by atoms with Gasteiger partial charge in [0.05, 0.1) is 0 Å². The van der Waals surface area contributed by atoms with Gasteiger partial charge in [-0.05, 0) is 25.1 Å². The van der Waals surface area contributed by atoms with Crippen molar-refractivity contribution in [1.29, 1.82) is 0 Å². The summed E-state index contributed by atoms with van der Waals surface area (Å²) in [5.41, 5.74) is 0.441. The van der Waals surface area contributed by atoms with Crippen molar-refractivity contribution in [2.45, 2.75) is 6.92 Å². The largest absolute Gasteiger partial charge is 0.508 e. The number of phenols is 1. The zero-order chi connectivity index (χ0) is 10.8. The van der Waals surface area contributed by atoms with E-state index in [1.54, 1.807) is 31.5 Å². The second-order valence-electron chi connectivity index (χ2n) is 3.20. The molecule has 1 N–H and O–H groups in total. The van der Waals surface area contributed by atoms with Crippen LogP contribution in [0.25, 0.3) is 0 Å². The zero-order valence-electron chi connectivity index (χ0n) is 8.21. The van der Waals surface area contributed by atoms with Crippen LogP contribution >= 0.6 is 0 Å². The maximum absolute atomic E-state index is 11.9. The summed E-state index contributed by atoms with van der Waals surface area (Å²) in [4.78, 5) is 15.9. The molecule has 1 aromatic heterocycles. The van der Waals surface area contributed by atoms with E-state index in [0.717, 1.165) is 0 Å². The van der Waals surface area contributed by atoms with Crippen LogP contribution in [0, 0.1) is 6.92 Å². The fourth-order valence-electron chi connectivity index (χ4n) is 1.37. The molecule has 4 nitrogen and oxygen atoms in total. The Labute approximate surface area is 86.8 Å². The van der Waals surface area contributed by atoms with Gasteiger partial charge in [-0.25, -0.2) is 4.98 Å². The first-order valence-corrected chi connectivity index (χ1v) is 4.52. The summed E-state index contributed by atoms with van der Waals surface area (Å²) in [6, 6.07) is 6.25. The van der Waals surface area contributed by atoms with Crippen molar-refractivity contribution in [3.8, 4) is 5.75 Å². The molecule has 0 bridgehead atoms.